The molecule has 2 saturated heterocycles. The summed E-state index contributed by atoms with van der Waals surface area (Å²) in [6.07, 6.45) is 0.641. The first-order valence-electron chi connectivity index (χ1n) is 11.5. The van der Waals surface area contributed by atoms with Crippen LogP contribution in [0.25, 0.3) is 0 Å². The molecule has 4 heterocycles. The maximum atomic E-state index is 12.9. The Morgan fingerprint density at radius 1 is 0.968 bits per heavy atom. The molecule has 1 aromatic carbocycles. The summed E-state index contributed by atoms with van der Waals surface area (Å²) in [7, 11) is 2.19. The molecule has 0 unspecified atom stereocenters. The number of hydrogen-bond acceptors (Lipinski definition) is 5. The highest BCUT2D eigenvalue weighted by atomic mass is 16.2. The molecule has 0 bridgehead atoms. The van der Waals surface area contributed by atoms with Gasteiger partial charge in [0, 0.05) is 75.2 Å². The third-order valence-corrected chi connectivity index (χ3v) is 7.11. The van der Waals surface area contributed by atoms with Crippen LogP contribution in [0.2, 0.25) is 0 Å². The molecule has 3 aliphatic rings. The maximum Gasteiger partial charge on any atom is 0.223 e. The van der Waals surface area contributed by atoms with Crippen molar-refractivity contribution in [2.24, 2.45) is 5.92 Å². The molecule has 0 N–H and O–H groups in total. The summed E-state index contributed by atoms with van der Waals surface area (Å²) in [5.74, 6) is 0.717. The van der Waals surface area contributed by atoms with Crippen molar-refractivity contribution in [2.45, 2.75) is 33.4 Å². The Morgan fingerprint density at radius 2 is 1.61 bits per heavy atom. The van der Waals surface area contributed by atoms with Gasteiger partial charge in [-0.2, -0.15) is 0 Å². The minimum Gasteiger partial charge on any atom is -0.371 e. The lowest BCUT2D eigenvalue weighted by Gasteiger charge is -2.41. The predicted molar refractivity (Wildman–Crippen MR) is 124 cm³/mol. The number of fused-ring (bicyclic) bond motifs is 1. The number of amides is 1. The van der Waals surface area contributed by atoms with E-state index >= 15 is 0 Å². The fourth-order valence-corrected chi connectivity index (χ4v) is 5.12. The predicted octanol–water partition coefficient (Wildman–Crippen LogP) is 2.82. The molecule has 1 amide bonds. The van der Waals surface area contributed by atoms with Gasteiger partial charge in [-0.05, 0) is 62.4 Å². The molecular formula is C25H33N5O. The third-order valence-electron chi connectivity index (χ3n) is 7.11. The number of piperazine rings is 1. The van der Waals surface area contributed by atoms with E-state index in [2.05, 4.69) is 64.0 Å². The van der Waals surface area contributed by atoms with Crippen molar-refractivity contribution in [1.82, 2.24) is 14.8 Å². The molecule has 2 fully saturated rings. The lowest BCUT2D eigenvalue weighted by atomic mass is 9.94. The van der Waals surface area contributed by atoms with E-state index < -0.39 is 0 Å². The van der Waals surface area contributed by atoms with Crippen molar-refractivity contribution < 1.29 is 4.79 Å². The van der Waals surface area contributed by atoms with Crippen LogP contribution in [0.15, 0.2) is 30.3 Å². The second-order valence-corrected chi connectivity index (χ2v) is 9.54. The monoisotopic (exact) mass is 419 g/mol. The zero-order valence-electron chi connectivity index (χ0n) is 19.0. The van der Waals surface area contributed by atoms with Crippen molar-refractivity contribution >= 4 is 17.3 Å². The highest BCUT2D eigenvalue weighted by Crippen LogP contribution is 2.31. The fourth-order valence-electron chi connectivity index (χ4n) is 5.12. The molecule has 3 aliphatic heterocycles. The number of rotatable bonds is 4. The summed E-state index contributed by atoms with van der Waals surface area (Å²) in [6, 6.07) is 11.1. The number of carbonyl (C=O) groups is 1. The number of anilines is 2. The third kappa shape index (κ3) is 4.13. The molecule has 6 nitrogen and oxygen atoms in total. The van der Waals surface area contributed by atoms with Gasteiger partial charge in [0.1, 0.15) is 0 Å². The van der Waals surface area contributed by atoms with Gasteiger partial charge in [0.25, 0.3) is 0 Å². The standard InChI is InChI=1S/C25H33N5O/c1-18-12-19(2)26-24-17-30(16-23(18)24)25(31)13-20-14-29(15-20)22-6-4-21(5-7-22)28-10-8-27(3)9-11-28/h4-7,12,20H,8-11,13-17H2,1-3H3. The zero-order chi connectivity index (χ0) is 21.5. The van der Waals surface area contributed by atoms with Gasteiger partial charge in [-0.3, -0.25) is 9.78 Å². The first-order chi connectivity index (χ1) is 15.0. The Kier molecular flexibility index (Phi) is 5.34. The molecule has 0 atom stereocenters. The molecule has 0 saturated carbocycles. The van der Waals surface area contributed by atoms with E-state index in [9.17, 15) is 4.79 Å². The van der Waals surface area contributed by atoms with E-state index in [4.69, 9.17) is 0 Å². The van der Waals surface area contributed by atoms with Crippen LogP contribution in [0.1, 0.15) is 28.9 Å². The first-order valence-corrected chi connectivity index (χ1v) is 11.5. The second kappa shape index (κ2) is 8.15. The summed E-state index contributed by atoms with van der Waals surface area (Å²) in [5.41, 5.74) is 7.21. The minimum atomic E-state index is 0.269. The summed E-state index contributed by atoms with van der Waals surface area (Å²) in [6.45, 7) is 11.9. The fraction of sp³-hybridized carbons (Fsp3) is 0.520. The van der Waals surface area contributed by atoms with Crippen molar-refractivity contribution in [3.05, 3.63) is 52.8 Å². The summed E-state index contributed by atoms with van der Waals surface area (Å²) < 4.78 is 0. The second-order valence-electron chi connectivity index (χ2n) is 9.54. The lowest BCUT2D eigenvalue weighted by Crippen LogP contribution is -2.48. The van der Waals surface area contributed by atoms with E-state index in [0.717, 1.165) is 57.2 Å². The molecule has 31 heavy (non-hydrogen) atoms. The van der Waals surface area contributed by atoms with Crippen molar-refractivity contribution in [3.63, 3.8) is 0 Å². The van der Waals surface area contributed by atoms with Crippen LogP contribution in [0.4, 0.5) is 11.4 Å². The topological polar surface area (TPSA) is 42.9 Å². The van der Waals surface area contributed by atoms with Crippen LogP contribution in [-0.4, -0.2) is 67.0 Å². The van der Waals surface area contributed by atoms with Gasteiger partial charge in [-0.25, -0.2) is 0 Å². The number of aryl methyl sites for hydroxylation is 2. The largest absolute Gasteiger partial charge is 0.371 e. The summed E-state index contributed by atoms with van der Waals surface area (Å²) in [4.78, 5) is 26.7. The summed E-state index contributed by atoms with van der Waals surface area (Å²) in [5, 5.41) is 0. The SMILES string of the molecule is Cc1cc(C)c2c(n1)CN(C(=O)CC1CN(c3ccc(N4CCN(C)CC4)cc3)C1)C2. The Labute approximate surface area is 185 Å². The molecule has 1 aromatic heterocycles. The van der Waals surface area contributed by atoms with Crippen molar-refractivity contribution in [2.75, 3.05) is 56.1 Å². The molecular weight excluding hydrogens is 386 g/mol. The first kappa shape index (κ1) is 20.3. The van der Waals surface area contributed by atoms with E-state index in [1.165, 1.54) is 22.5 Å². The van der Waals surface area contributed by atoms with Crippen LogP contribution >= 0.6 is 0 Å². The normalized spacial score (nSPS) is 19.5. The van der Waals surface area contributed by atoms with Gasteiger partial charge in [0.05, 0.1) is 12.2 Å². The van der Waals surface area contributed by atoms with E-state index in [1.54, 1.807) is 0 Å². The highest BCUT2D eigenvalue weighted by molar-refractivity contribution is 5.77. The van der Waals surface area contributed by atoms with Crippen molar-refractivity contribution in [1.29, 1.82) is 0 Å². The van der Waals surface area contributed by atoms with Crippen LogP contribution in [0.5, 0.6) is 0 Å². The average Bonchev–Trinajstić information content (AvgIpc) is 3.16. The average molecular weight is 420 g/mol. The van der Waals surface area contributed by atoms with Crippen molar-refractivity contribution in [3.8, 4) is 0 Å². The number of hydrogen-bond donors (Lipinski definition) is 0. The Balaban J connectivity index is 1.11. The van der Waals surface area contributed by atoms with Crippen LogP contribution < -0.4 is 9.80 Å². The maximum absolute atomic E-state index is 12.9. The van der Waals surface area contributed by atoms with E-state index in [1.807, 2.05) is 11.8 Å². The molecule has 2 aromatic rings. The number of nitrogens with zero attached hydrogens (tertiary/aromatic N) is 5. The van der Waals surface area contributed by atoms with Gasteiger partial charge in [-0.15, -0.1) is 0 Å². The van der Waals surface area contributed by atoms with Crippen LogP contribution in [0, 0.1) is 19.8 Å². The number of carbonyl (C=O) groups excluding carboxylic acids is 1. The molecule has 0 spiro atoms. The molecule has 0 radical (unpaired) electrons. The Morgan fingerprint density at radius 3 is 2.29 bits per heavy atom. The number of aromatic nitrogens is 1. The number of pyridine rings is 1. The number of likely N-dealkylation sites (N-methyl/N-ethyl adjacent to an activating group) is 1. The van der Waals surface area contributed by atoms with E-state index in [-0.39, 0.29) is 5.91 Å². The van der Waals surface area contributed by atoms with Gasteiger partial charge in [0.2, 0.25) is 5.91 Å². The van der Waals surface area contributed by atoms with Gasteiger partial charge in [-0.1, -0.05) is 0 Å². The molecule has 164 valence electrons. The number of benzene rings is 1. The molecule has 0 aliphatic carbocycles. The van der Waals surface area contributed by atoms with E-state index in [0.29, 0.717) is 18.9 Å². The van der Waals surface area contributed by atoms with Crippen LogP contribution in [0.3, 0.4) is 0 Å². The smallest absolute Gasteiger partial charge is 0.223 e. The molecule has 5 rings (SSSR count). The zero-order valence-corrected chi connectivity index (χ0v) is 19.0. The Bertz CT molecular complexity index is 959. The van der Waals surface area contributed by atoms with Gasteiger partial charge in [0.15, 0.2) is 0 Å². The summed E-state index contributed by atoms with van der Waals surface area (Å²) >= 11 is 0. The van der Waals surface area contributed by atoms with Gasteiger partial charge >= 0.3 is 0 Å². The Hall–Kier alpha value is -2.60. The van der Waals surface area contributed by atoms with Gasteiger partial charge < -0.3 is 19.6 Å². The molecule has 6 heteroatoms. The minimum absolute atomic E-state index is 0.269. The lowest BCUT2D eigenvalue weighted by molar-refractivity contribution is -0.133. The highest BCUT2D eigenvalue weighted by Gasteiger charge is 2.33. The van der Waals surface area contributed by atoms with Crippen LogP contribution in [-0.2, 0) is 17.9 Å². The quantitative estimate of drug-likeness (QED) is 0.763.